The second-order valence-corrected chi connectivity index (χ2v) is 36.5. The zero-order chi connectivity index (χ0) is 81.8. The summed E-state index contributed by atoms with van der Waals surface area (Å²) >= 11 is 13.7. The number of ether oxygens (including phenoxy) is 3. The number of fused-ring (bicyclic) bond motifs is 2. The number of alkyl halides is 3. The van der Waals surface area contributed by atoms with Crippen molar-refractivity contribution in [1.29, 1.82) is 0 Å². The monoisotopic (exact) mass is 1790 g/mol. The molecule has 0 saturated carbocycles. The van der Waals surface area contributed by atoms with Crippen LogP contribution in [0.15, 0.2) is 143 Å². The van der Waals surface area contributed by atoms with E-state index < -0.39 is 72.6 Å². The van der Waals surface area contributed by atoms with Crippen molar-refractivity contribution < 1.29 is 140 Å². The zero-order valence-electron chi connectivity index (χ0n) is 61.8. The number of halogens is 23. The number of aliphatic hydroxyl groups excluding tert-OH is 1. The fourth-order valence-corrected chi connectivity index (χ4v) is 10.6. The van der Waals surface area contributed by atoms with Gasteiger partial charge in [0, 0.05) is 63.0 Å². The quantitative estimate of drug-likeness (QED) is 0.0154. The molecule has 0 aromatic heterocycles. The molecule has 0 aliphatic heterocycles. The third-order valence-electron chi connectivity index (χ3n) is 13.2. The van der Waals surface area contributed by atoms with Gasteiger partial charge in [0.1, 0.15) is 0 Å². The van der Waals surface area contributed by atoms with E-state index in [2.05, 4.69) is 113 Å². The van der Waals surface area contributed by atoms with E-state index in [0.717, 1.165) is 173 Å². The molecule has 0 atom stereocenters. The van der Waals surface area contributed by atoms with Gasteiger partial charge in [-0.3, -0.25) is 0 Å². The first kappa shape index (κ1) is 114. The molecule has 0 aliphatic rings. The zero-order valence-corrected chi connectivity index (χ0v) is 71.0. The van der Waals surface area contributed by atoms with Crippen LogP contribution in [0.2, 0.25) is 0 Å². The molecule has 632 valence electrons. The SMILES string of the molecule is CCCOCCCCCCCC/C=C/S(F)(F)(F)(F)F.CCCOCCCCCCCC/C=C/S(F)(F)(F)(F)F.CS(=O)(=O)[O-].ClCCBr.FS(F)(F)(F)(F)/C=C/CCCCCCCCOCCCl.OCCCCCCCC/C=C/S(F)(F)(F)(F)F.[Na+].c1ccc2ccccc2c1.c1ccc2ccccc2c1. The van der Waals surface area contributed by atoms with Gasteiger partial charge in [0.2, 0.25) is 0 Å². The van der Waals surface area contributed by atoms with Crippen LogP contribution in [0.4, 0.5) is 77.7 Å². The molecule has 7 nitrogen and oxygen atoms in total. The second-order valence-electron chi connectivity index (χ2n) is 24.3. The van der Waals surface area contributed by atoms with Crippen LogP contribution in [0, 0.1) is 0 Å². The van der Waals surface area contributed by atoms with Crippen LogP contribution < -0.4 is 29.6 Å². The van der Waals surface area contributed by atoms with E-state index in [1.165, 1.54) is 21.5 Å². The van der Waals surface area contributed by atoms with Gasteiger partial charge in [-0.1, -0.05) is 332 Å². The maximum Gasteiger partial charge on any atom is 1.00 e. The summed E-state index contributed by atoms with van der Waals surface area (Å²) in [7, 11) is -41.3. The van der Waals surface area contributed by atoms with E-state index in [9.17, 15) is 77.7 Å². The third-order valence-corrected chi connectivity index (χ3v) is 17.3. The molecule has 0 unspecified atom stereocenters. The van der Waals surface area contributed by atoms with Crippen molar-refractivity contribution in [3.63, 3.8) is 0 Å². The summed E-state index contributed by atoms with van der Waals surface area (Å²) in [6, 6.07) is 33.4. The van der Waals surface area contributed by atoms with E-state index in [1.807, 2.05) is 13.8 Å². The van der Waals surface area contributed by atoms with Gasteiger partial charge in [0.05, 0.1) is 38.4 Å². The van der Waals surface area contributed by atoms with Crippen LogP contribution >= 0.6 is 80.0 Å². The van der Waals surface area contributed by atoms with Gasteiger partial charge < -0.3 is 23.9 Å². The predicted molar refractivity (Wildman–Crippen MR) is 417 cm³/mol. The fourth-order valence-electron chi connectivity index (χ4n) is 8.52. The Bertz CT molecular complexity index is 2750. The molecule has 0 radical (unpaired) electrons. The molecule has 0 bridgehead atoms. The molecule has 4 rings (SSSR count). The number of hydrogen-bond acceptors (Lipinski definition) is 7. The largest absolute Gasteiger partial charge is 1.00 e. The maximum absolute atomic E-state index is 11.9. The van der Waals surface area contributed by atoms with Crippen molar-refractivity contribution in [2.24, 2.45) is 0 Å². The summed E-state index contributed by atoms with van der Waals surface area (Å²) in [5, 5.41) is 11.2. The van der Waals surface area contributed by atoms with Crippen molar-refractivity contribution >= 4 is 112 Å². The molecule has 0 aliphatic carbocycles. The maximum atomic E-state index is 11.9. The first-order valence-electron chi connectivity index (χ1n) is 35.0. The summed E-state index contributed by atoms with van der Waals surface area (Å²) in [4.78, 5) is 0. The summed E-state index contributed by atoms with van der Waals surface area (Å²) in [5.74, 6) is 1.19. The molecule has 0 amide bonds. The van der Waals surface area contributed by atoms with Crippen LogP contribution in [-0.2, 0) is 24.3 Å². The molecule has 107 heavy (non-hydrogen) atoms. The standard InChI is InChI=1S/2C13H25F5OS.C12H22ClF5OS.C10H19F5OS.2C10H8.C2H4BrCl.CH4O3S.Na/c2*1-2-11-19-12-9-7-5-3-4-6-8-10-13-20(14,15,16,17)18;13-9-11-19-10-7-5-3-1-2-4-6-8-12-20(14,15,16,17)18;11-17(12,13,14,15)10-8-6-4-2-1-3-5-7-9-16;2*1-2-6-10-8-4-3-7-9(10)5-1;3-1-2-4;1-5(2,3)4;/h2*10,13H,2-9,11-12H2,1H3;8,12H,1-7,9-11H2;8,10,16H,1-7,9H2;2*1-8H;1-2H2;1H3,(H,2,3,4);/q;;;;;;;;+1/p-1/b2*13-10+;12-8+;10-8+;;;;;. The normalized spacial score (nSPS) is 14.5. The molecule has 4 aromatic rings. The van der Waals surface area contributed by atoms with Gasteiger partial charge in [-0.05, 0) is 111 Å². The van der Waals surface area contributed by atoms with Gasteiger partial charge in [0.25, 0.3) is 0 Å². The average Bonchev–Trinajstić information content (AvgIpc) is 0.788. The number of aliphatic hydroxyl groups is 1. The smallest absolute Gasteiger partial charge is 0.748 e. The Balaban J connectivity index is -0.000000384. The minimum absolute atomic E-state index is 0. The molecular weight excluding hydrogens is 1680 g/mol. The van der Waals surface area contributed by atoms with Gasteiger partial charge >= 0.3 is 70.5 Å². The molecule has 36 heteroatoms. The molecule has 0 heterocycles. The number of benzene rings is 4. The molecule has 0 fully saturated rings. The van der Waals surface area contributed by atoms with Gasteiger partial charge in [-0.15, -0.1) is 23.2 Å². The average molecular weight is 1790 g/mol. The van der Waals surface area contributed by atoms with E-state index in [-0.39, 0.29) is 61.8 Å². The van der Waals surface area contributed by atoms with Gasteiger partial charge in [0.15, 0.2) is 0 Å². The fraction of sp³-hybridized carbons (Fsp3) is 0.606. The topological polar surface area (TPSA) is 105 Å². The van der Waals surface area contributed by atoms with Crippen molar-refractivity contribution in [2.75, 3.05) is 69.6 Å². The van der Waals surface area contributed by atoms with E-state index in [0.29, 0.717) is 81.2 Å². The number of unbranched alkanes of at least 4 members (excludes halogenated alkanes) is 24. The Kier molecular flexibility index (Phi) is 57.5. The summed E-state index contributed by atoms with van der Waals surface area (Å²) in [6.07, 6.45) is 24.9. The number of allylic oxidation sites excluding steroid dienone is 4. The minimum Gasteiger partial charge on any atom is -0.748 e. The van der Waals surface area contributed by atoms with Crippen LogP contribution in [0.5, 0.6) is 0 Å². The first-order chi connectivity index (χ1) is 48.5. The van der Waals surface area contributed by atoms with Crippen LogP contribution in [0.25, 0.3) is 21.5 Å². The second kappa shape index (κ2) is 54.1. The van der Waals surface area contributed by atoms with Crippen LogP contribution in [-0.4, -0.2) is 87.7 Å². The Labute approximate surface area is 665 Å². The Morgan fingerprint density at radius 3 is 0.701 bits per heavy atom. The van der Waals surface area contributed by atoms with E-state index in [1.54, 1.807) is 0 Å². The number of rotatable bonds is 46. The third kappa shape index (κ3) is 108. The van der Waals surface area contributed by atoms with E-state index >= 15 is 0 Å². The Hall–Kier alpha value is -1.83. The summed E-state index contributed by atoms with van der Waals surface area (Å²) in [6.45, 7) is 8.50. The minimum atomic E-state index is -9.35. The summed E-state index contributed by atoms with van der Waals surface area (Å²) < 4.78 is 281. The van der Waals surface area contributed by atoms with Crippen molar-refractivity contribution in [2.45, 2.75) is 206 Å². The Morgan fingerprint density at radius 1 is 0.355 bits per heavy atom. The van der Waals surface area contributed by atoms with Gasteiger partial charge in [-0.2, -0.15) is 0 Å². The molecular formula is C71H114BrCl2F20NaO7S5. The van der Waals surface area contributed by atoms with Crippen molar-refractivity contribution in [1.82, 2.24) is 0 Å². The van der Waals surface area contributed by atoms with Crippen LogP contribution in [0.3, 0.4) is 0 Å². The van der Waals surface area contributed by atoms with Crippen molar-refractivity contribution in [3.05, 3.63) is 143 Å². The van der Waals surface area contributed by atoms with Crippen molar-refractivity contribution in [3.8, 4) is 0 Å². The predicted octanol–water partition coefficient (Wildman–Crippen LogP) is 29.7. The molecule has 0 spiro atoms. The van der Waals surface area contributed by atoms with E-state index in [4.69, 9.17) is 55.5 Å². The number of hydrogen-bond donors (Lipinski definition) is 1. The molecule has 4 aromatic carbocycles. The van der Waals surface area contributed by atoms with Gasteiger partial charge in [-0.25, -0.2) is 8.42 Å². The summed E-state index contributed by atoms with van der Waals surface area (Å²) in [5.41, 5.74) is 0. The first-order valence-corrected chi connectivity index (χ1v) is 47.0. The molecule has 1 N–H and O–H groups in total. The Morgan fingerprint density at radius 2 is 0.533 bits per heavy atom. The molecule has 0 saturated heterocycles. The van der Waals surface area contributed by atoms with Crippen LogP contribution in [0.1, 0.15) is 206 Å².